The van der Waals surface area contributed by atoms with Crippen LogP contribution in [0.15, 0.2) is 24.3 Å². The summed E-state index contributed by atoms with van der Waals surface area (Å²) < 4.78 is 0. The number of anilines is 2. The molecule has 3 rings (SSSR count). The predicted molar refractivity (Wildman–Crippen MR) is 72.6 cm³/mol. The first-order valence-electron chi connectivity index (χ1n) is 6.67. The maximum absolute atomic E-state index is 11.8. The van der Waals surface area contributed by atoms with Gasteiger partial charge in [-0.1, -0.05) is 25.0 Å². The fourth-order valence-corrected chi connectivity index (χ4v) is 3.08. The van der Waals surface area contributed by atoms with Crippen LogP contribution in [0.3, 0.4) is 0 Å². The Morgan fingerprint density at radius 2 is 2.00 bits per heavy atom. The van der Waals surface area contributed by atoms with E-state index in [1.807, 2.05) is 18.2 Å². The number of hydrogen-bond acceptors (Lipinski definition) is 3. The average Bonchev–Trinajstić information content (AvgIpc) is 2.38. The maximum atomic E-state index is 11.8. The summed E-state index contributed by atoms with van der Waals surface area (Å²) in [5.41, 5.74) is 8.26. The Kier molecular flexibility index (Phi) is 2.96. The van der Waals surface area contributed by atoms with Gasteiger partial charge in [0.1, 0.15) is 0 Å². The second-order valence-electron chi connectivity index (χ2n) is 5.21. The molecule has 0 saturated heterocycles. The van der Waals surface area contributed by atoms with Crippen LogP contribution in [0, 0.1) is 0 Å². The predicted octanol–water partition coefficient (Wildman–Crippen LogP) is 1.71. The average molecular weight is 245 g/mol. The second-order valence-corrected chi connectivity index (χ2v) is 5.21. The van der Waals surface area contributed by atoms with Crippen molar-refractivity contribution in [2.75, 3.05) is 16.8 Å². The summed E-state index contributed by atoms with van der Waals surface area (Å²) in [6, 6.07) is 8.45. The molecule has 96 valence electrons. The number of para-hydroxylation sites is 2. The van der Waals surface area contributed by atoms with Crippen molar-refractivity contribution in [2.45, 2.75) is 37.8 Å². The molecule has 2 unspecified atom stereocenters. The van der Waals surface area contributed by atoms with Gasteiger partial charge in [-0.25, -0.2) is 0 Å². The van der Waals surface area contributed by atoms with Gasteiger partial charge in [-0.3, -0.25) is 4.79 Å². The van der Waals surface area contributed by atoms with Gasteiger partial charge in [0.05, 0.1) is 17.9 Å². The third kappa shape index (κ3) is 1.97. The lowest BCUT2D eigenvalue weighted by Gasteiger charge is -2.42. The molecule has 4 nitrogen and oxygen atoms in total. The van der Waals surface area contributed by atoms with Crippen LogP contribution in [0.5, 0.6) is 0 Å². The van der Waals surface area contributed by atoms with Crippen LogP contribution in [-0.2, 0) is 4.79 Å². The first kappa shape index (κ1) is 11.5. The van der Waals surface area contributed by atoms with Crippen LogP contribution >= 0.6 is 0 Å². The molecule has 1 fully saturated rings. The quantitative estimate of drug-likeness (QED) is 0.792. The van der Waals surface area contributed by atoms with Crippen LogP contribution in [0.4, 0.5) is 11.4 Å². The number of amides is 1. The molecule has 0 spiro atoms. The lowest BCUT2D eigenvalue weighted by Crippen LogP contribution is -2.53. The van der Waals surface area contributed by atoms with Crippen LogP contribution < -0.4 is 16.0 Å². The molecule has 0 aromatic heterocycles. The molecular weight excluding hydrogens is 226 g/mol. The maximum Gasteiger partial charge on any atom is 0.243 e. The highest BCUT2D eigenvalue weighted by Crippen LogP contribution is 2.34. The van der Waals surface area contributed by atoms with Crippen molar-refractivity contribution in [2.24, 2.45) is 5.73 Å². The van der Waals surface area contributed by atoms with E-state index in [-0.39, 0.29) is 11.9 Å². The Bertz CT molecular complexity index is 460. The summed E-state index contributed by atoms with van der Waals surface area (Å²) in [6.07, 6.45) is 4.56. The largest absolute Gasteiger partial charge is 0.356 e. The molecule has 2 atom stereocenters. The zero-order valence-corrected chi connectivity index (χ0v) is 10.4. The number of carbonyl (C=O) groups is 1. The Morgan fingerprint density at radius 1 is 1.22 bits per heavy atom. The van der Waals surface area contributed by atoms with Crippen LogP contribution in [0.2, 0.25) is 0 Å². The van der Waals surface area contributed by atoms with Crippen LogP contribution in [0.1, 0.15) is 25.7 Å². The van der Waals surface area contributed by atoms with Gasteiger partial charge in [0.2, 0.25) is 5.91 Å². The van der Waals surface area contributed by atoms with Crippen molar-refractivity contribution in [3.05, 3.63) is 24.3 Å². The number of carbonyl (C=O) groups excluding carboxylic acids is 1. The molecule has 18 heavy (non-hydrogen) atoms. The summed E-state index contributed by atoms with van der Waals surface area (Å²) in [5.74, 6) is 0.0615. The summed E-state index contributed by atoms with van der Waals surface area (Å²) in [5, 5.41) is 2.92. The van der Waals surface area contributed by atoms with E-state index in [1.54, 1.807) is 0 Å². The number of rotatable bonds is 1. The molecule has 0 bridgehead atoms. The van der Waals surface area contributed by atoms with E-state index >= 15 is 0 Å². The summed E-state index contributed by atoms with van der Waals surface area (Å²) >= 11 is 0. The lowest BCUT2D eigenvalue weighted by atomic mass is 9.89. The minimum atomic E-state index is 0.0615. The first-order valence-corrected chi connectivity index (χ1v) is 6.67. The number of hydrogen-bond donors (Lipinski definition) is 2. The van der Waals surface area contributed by atoms with Crippen molar-refractivity contribution in [3.63, 3.8) is 0 Å². The molecule has 1 saturated carbocycles. The van der Waals surface area contributed by atoms with Gasteiger partial charge in [-0.05, 0) is 25.0 Å². The van der Waals surface area contributed by atoms with Crippen molar-refractivity contribution in [1.82, 2.24) is 0 Å². The van der Waals surface area contributed by atoms with Gasteiger partial charge >= 0.3 is 0 Å². The number of nitrogens with one attached hydrogen (secondary N) is 1. The van der Waals surface area contributed by atoms with Crippen molar-refractivity contribution >= 4 is 17.3 Å². The summed E-state index contributed by atoms with van der Waals surface area (Å²) in [4.78, 5) is 14.0. The van der Waals surface area contributed by atoms with Crippen molar-refractivity contribution in [1.29, 1.82) is 0 Å². The van der Waals surface area contributed by atoms with E-state index in [4.69, 9.17) is 5.73 Å². The number of benzene rings is 1. The lowest BCUT2D eigenvalue weighted by molar-refractivity contribution is -0.115. The van der Waals surface area contributed by atoms with Gasteiger partial charge in [0, 0.05) is 12.1 Å². The molecule has 1 aromatic carbocycles. The number of nitrogens with zero attached hydrogens (tertiary/aromatic N) is 1. The molecule has 3 N–H and O–H groups in total. The minimum absolute atomic E-state index is 0.0615. The van der Waals surface area contributed by atoms with Gasteiger partial charge < -0.3 is 16.0 Å². The molecule has 1 aliphatic carbocycles. The Labute approximate surface area is 107 Å². The van der Waals surface area contributed by atoms with Gasteiger partial charge in [-0.15, -0.1) is 0 Å². The Balaban J connectivity index is 1.94. The van der Waals surface area contributed by atoms with E-state index < -0.39 is 0 Å². The molecule has 1 aliphatic heterocycles. The molecule has 0 radical (unpaired) electrons. The zero-order chi connectivity index (χ0) is 12.5. The Morgan fingerprint density at radius 3 is 2.83 bits per heavy atom. The fraction of sp³-hybridized carbons (Fsp3) is 0.500. The van der Waals surface area contributed by atoms with Crippen LogP contribution in [-0.4, -0.2) is 24.5 Å². The molecule has 1 aromatic rings. The number of fused-ring (bicyclic) bond motifs is 1. The molecule has 4 heteroatoms. The summed E-state index contributed by atoms with van der Waals surface area (Å²) in [7, 11) is 0. The summed E-state index contributed by atoms with van der Waals surface area (Å²) in [6.45, 7) is 0.426. The topological polar surface area (TPSA) is 58.4 Å². The molecule has 1 heterocycles. The van der Waals surface area contributed by atoms with E-state index in [1.165, 1.54) is 12.8 Å². The van der Waals surface area contributed by atoms with Crippen molar-refractivity contribution < 1.29 is 4.79 Å². The van der Waals surface area contributed by atoms with E-state index in [9.17, 15) is 4.79 Å². The standard InChI is InChI=1S/C14H19N3O/c15-10-5-1-3-7-12(10)17-9-14(18)16-11-6-2-4-8-13(11)17/h2,4,6,8,10,12H,1,3,5,7,9,15H2,(H,16,18). The molecule has 2 aliphatic rings. The van der Waals surface area contributed by atoms with Crippen molar-refractivity contribution in [3.8, 4) is 0 Å². The molecule has 1 amide bonds. The normalized spacial score (nSPS) is 27.6. The third-order valence-corrected chi connectivity index (χ3v) is 3.98. The van der Waals surface area contributed by atoms with E-state index in [0.29, 0.717) is 12.6 Å². The highest BCUT2D eigenvalue weighted by Gasteiger charge is 2.32. The zero-order valence-electron chi connectivity index (χ0n) is 10.4. The fourth-order valence-electron chi connectivity index (χ4n) is 3.08. The van der Waals surface area contributed by atoms with Gasteiger partial charge in [0.25, 0.3) is 0 Å². The third-order valence-electron chi connectivity index (χ3n) is 3.98. The van der Waals surface area contributed by atoms with Gasteiger partial charge in [0.15, 0.2) is 0 Å². The highest BCUT2D eigenvalue weighted by atomic mass is 16.2. The molecular formula is C14H19N3O. The SMILES string of the molecule is NC1CCCCC1N1CC(=O)Nc2ccccc21. The van der Waals surface area contributed by atoms with E-state index in [2.05, 4.69) is 16.3 Å². The number of nitrogens with two attached hydrogens (primary N) is 1. The second kappa shape index (κ2) is 4.61. The highest BCUT2D eigenvalue weighted by molar-refractivity contribution is 6.01. The smallest absolute Gasteiger partial charge is 0.243 e. The van der Waals surface area contributed by atoms with E-state index in [0.717, 1.165) is 24.2 Å². The van der Waals surface area contributed by atoms with Gasteiger partial charge in [-0.2, -0.15) is 0 Å². The van der Waals surface area contributed by atoms with Crippen LogP contribution in [0.25, 0.3) is 0 Å². The Hall–Kier alpha value is -1.55. The monoisotopic (exact) mass is 245 g/mol. The minimum Gasteiger partial charge on any atom is -0.356 e. The first-order chi connectivity index (χ1) is 8.75.